The third-order valence-electron chi connectivity index (χ3n) is 6.40. The van der Waals surface area contributed by atoms with E-state index in [1.165, 1.54) is 5.56 Å². The Hall–Kier alpha value is -3.08. The predicted molar refractivity (Wildman–Crippen MR) is 117 cm³/mol. The number of carbonyl (C=O) groups excluding carboxylic acids is 2. The van der Waals surface area contributed by atoms with Crippen LogP contribution in [0.25, 0.3) is 10.9 Å². The van der Waals surface area contributed by atoms with Crippen molar-refractivity contribution in [3.05, 3.63) is 71.4 Å². The number of benzene rings is 2. The molecule has 2 aliphatic rings. The van der Waals surface area contributed by atoms with Crippen LogP contribution < -0.4 is 5.32 Å². The van der Waals surface area contributed by atoms with Crippen LogP contribution in [0.5, 0.6) is 0 Å². The molecule has 1 fully saturated rings. The molecule has 5 nitrogen and oxygen atoms in total. The number of carbonyl (C=O) groups is 2. The Morgan fingerprint density at radius 2 is 1.77 bits per heavy atom. The van der Waals surface area contributed by atoms with Gasteiger partial charge in [0.25, 0.3) is 0 Å². The van der Waals surface area contributed by atoms with Gasteiger partial charge in [-0.25, -0.2) is 0 Å². The van der Waals surface area contributed by atoms with Crippen molar-refractivity contribution in [2.75, 3.05) is 0 Å². The number of nitrogens with zero attached hydrogens (tertiary/aromatic N) is 1. The molecular formula is C25H27N3O2. The van der Waals surface area contributed by atoms with Gasteiger partial charge in [-0.1, -0.05) is 62.4 Å². The van der Waals surface area contributed by atoms with E-state index in [1.807, 2.05) is 47.4 Å². The summed E-state index contributed by atoms with van der Waals surface area (Å²) in [6, 6.07) is 17.0. The first-order valence-electron chi connectivity index (χ1n) is 10.8. The van der Waals surface area contributed by atoms with Crippen molar-refractivity contribution in [3.63, 3.8) is 0 Å². The molecule has 2 aliphatic heterocycles. The van der Waals surface area contributed by atoms with E-state index in [-0.39, 0.29) is 17.9 Å². The average Bonchev–Trinajstić information content (AvgIpc) is 3.11. The van der Waals surface area contributed by atoms with E-state index < -0.39 is 12.1 Å². The van der Waals surface area contributed by atoms with E-state index in [4.69, 9.17) is 0 Å². The number of piperazine rings is 1. The zero-order valence-corrected chi connectivity index (χ0v) is 17.4. The molecule has 2 unspecified atom stereocenters. The molecule has 3 atom stereocenters. The number of hydrogen-bond donors (Lipinski definition) is 2. The van der Waals surface area contributed by atoms with E-state index in [0.717, 1.165) is 28.6 Å². The smallest absolute Gasteiger partial charge is 0.246 e. The normalized spacial score (nSPS) is 23.4. The molecule has 0 aliphatic carbocycles. The van der Waals surface area contributed by atoms with Crippen molar-refractivity contribution in [2.24, 2.45) is 5.92 Å². The number of hydrogen-bond acceptors (Lipinski definition) is 2. The molecular weight excluding hydrogens is 374 g/mol. The van der Waals surface area contributed by atoms with Crippen LogP contribution in [0.1, 0.15) is 43.1 Å². The van der Waals surface area contributed by atoms with Crippen molar-refractivity contribution >= 4 is 22.7 Å². The van der Waals surface area contributed by atoms with Crippen molar-refractivity contribution in [3.8, 4) is 0 Å². The number of rotatable bonds is 4. The molecule has 1 saturated heterocycles. The van der Waals surface area contributed by atoms with Crippen LogP contribution in [-0.4, -0.2) is 33.8 Å². The molecule has 0 radical (unpaired) electrons. The van der Waals surface area contributed by atoms with Crippen molar-refractivity contribution in [2.45, 2.75) is 51.2 Å². The number of fused-ring (bicyclic) bond motifs is 4. The Labute approximate surface area is 176 Å². The third kappa shape index (κ3) is 3.09. The summed E-state index contributed by atoms with van der Waals surface area (Å²) in [5.74, 6) is 0.386. The fourth-order valence-electron chi connectivity index (χ4n) is 5.08. The molecule has 0 spiro atoms. The van der Waals surface area contributed by atoms with Gasteiger partial charge in [-0.15, -0.1) is 0 Å². The van der Waals surface area contributed by atoms with Crippen LogP contribution in [0.4, 0.5) is 0 Å². The Balaban J connectivity index is 1.56. The molecule has 2 amide bonds. The number of H-pyrrole nitrogens is 1. The number of nitrogens with one attached hydrogen (secondary N) is 2. The third-order valence-corrected chi connectivity index (χ3v) is 6.40. The highest BCUT2D eigenvalue weighted by Gasteiger charge is 2.48. The average molecular weight is 402 g/mol. The lowest BCUT2D eigenvalue weighted by atomic mass is 9.84. The van der Waals surface area contributed by atoms with Gasteiger partial charge >= 0.3 is 0 Å². The highest BCUT2D eigenvalue weighted by molar-refractivity contribution is 5.99. The Morgan fingerprint density at radius 3 is 2.53 bits per heavy atom. The molecule has 2 N–H and O–H groups in total. The first-order valence-corrected chi connectivity index (χ1v) is 10.8. The summed E-state index contributed by atoms with van der Waals surface area (Å²) in [5.41, 5.74) is 4.41. The summed E-state index contributed by atoms with van der Waals surface area (Å²) in [6.07, 6.45) is 1.90. The van der Waals surface area contributed by atoms with Crippen LogP contribution in [0.2, 0.25) is 0 Å². The van der Waals surface area contributed by atoms with E-state index in [0.29, 0.717) is 18.8 Å². The molecule has 2 aromatic carbocycles. The first kappa shape index (κ1) is 18.9. The Bertz CT molecular complexity index is 1100. The number of para-hydroxylation sites is 1. The van der Waals surface area contributed by atoms with Gasteiger partial charge < -0.3 is 15.2 Å². The highest BCUT2D eigenvalue weighted by Crippen LogP contribution is 2.41. The topological polar surface area (TPSA) is 65.2 Å². The van der Waals surface area contributed by atoms with Crippen LogP contribution in [0.15, 0.2) is 54.6 Å². The maximum atomic E-state index is 13.6. The Morgan fingerprint density at radius 1 is 1.03 bits per heavy atom. The predicted octanol–water partition coefficient (Wildman–Crippen LogP) is 3.75. The second-order valence-corrected chi connectivity index (χ2v) is 8.92. The van der Waals surface area contributed by atoms with Crippen LogP contribution in [-0.2, 0) is 22.4 Å². The summed E-state index contributed by atoms with van der Waals surface area (Å²) in [6.45, 7) is 4.34. The number of aromatic amines is 1. The fourth-order valence-corrected chi connectivity index (χ4v) is 5.08. The highest BCUT2D eigenvalue weighted by atomic mass is 16.2. The zero-order chi connectivity index (χ0) is 20.8. The van der Waals surface area contributed by atoms with Crippen LogP contribution in [0, 0.1) is 5.92 Å². The summed E-state index contributed by atoms with van der Waals surface area (Å²) in [4.78, 5) is 32.2. The van der Waals surface area contributed by atoms with Crippen molar-refractivity contribution < 1.29 is 9.59 Å². The molecule has 3 aromatic rings. The van der Waals surface area contributed by atoms with E-state index in [1.54, 1.807) is 0 Å². The van der Waals surface area contributed by atoms with Crippen LogP contribution in [0.3, 0.4) is 0 Å². The summed E-state index contributed by atoms with van der Waals surface area (Å²) in [7, 11) is 0. The zero-order valence-electron chi connectivity index (χ0n) is 17.4. The van der Waals surface area contributed by atoms with Crippen molar-refractivity contribution in [1.82, 2.24) is 15.2 Å². The minimum absolute atomic E-state index is 0.0263. The van der Waals surface area contributed by atoms with E-state index in [9.17, 15) is 9.59 Å². The van der Waals surface area contributed by atoms with Gasteiger partial charge in [0.15, 0.2) is 0 Å². The number of aromatic nitrogens is 1. The first-order chi connectivity index (χ1) is 14.5. The lowest BCUT2D eigenvalue weighted by molar-refractivity contribution is -0.153. The van der Waals surface area contributed by atoms with Crippen LogP contribution >= 0.6 is 0 Å². The van der Waals surface area contributed by atoms with Gasteiger partial charge in [0.05, 0.1) is 6.04 Å². The maximum absolute atomic E-state index is 13.6. The van der Waals surface area contributed by atoms with Gasteiger partial charge in [-0.3, -0.25) is 9.59 Å². The summed E-state index contributed by atoms with van der Waals surface area (Å²) in [5, 5.41) is 4.18. The standard InChI is InChI=1S/C25H27N3O2/c1-15(2)12-21-23-18(17-10-6-7-11-19(17)26-23)14-22-24(29)27-20(25(30)28(21)22)13-16-8-4-3-5-9-16/h3-11,15,20-22,26H,12-14H2,1-2H3,(H,27,29)/t20?,21?,22-/m0/s1. The van der Waals surface area contributed by atoms with E-state index >= 15 is 0 Å². The lowest BCUT2D eigenvalue weighted by Gasteiger charge is -2.46. The molecule has 154 valence electrons. The molecule has 0 bridgehead atoms. The molecule has 5 heteroatoms. The second-order valence-electron chi connectivity index (χ2n) is 8.92. The fraction of sp³-hybridized carbons (Fsp3) is 0.360. The van der Waals surface area contributed by atoms with Crippen molar-refractivity contribution in [1.29, 1.82) is 0 Å². The summed E-state index contributed by atoms with van der Waals surface area (Å²) < 4.78 is 0. The van der Waals surface area contributed by atoms with Gasteiger partial charge in [0, 0.05) is 29.4 Å². The van der Waals surface area contributed by atoms with E-state index in [2.05, 4.69) is 36.3 Å². The minimum Gasteiger partial charge on any atom is -0.356 e. The van der Waals surface area contributed by atoms with Gasteiger partial charge in [-0.05, 0) is 29.5 Å². The monoisotopic (exact) mass is 401 g/mol. The van der Waals surface area contributed by atoms with Gasteiger partial charge in [0.2, 0.25) is 11.8 Å². The van der Waals surface area contributed by atoms with Gasteiger partial charge in [0.1, 0.15) is 12.1 Å². The SMILES string of the molecule is CC(C)CC1c2[nH]c3ccccc3c2C[C@H]2C(=O)NC(Cc3ccccc3)C(=O)N12. The molecule has 1 aromatic heterocycles. The van der Waals surface area contributed by atoms with Gasteiger partial charge in [-0.2, -0.15) is 0 Å². The largest absolute Gasteiger partial charge is 0.356 e. The summed E-state index contributed by atoms with van der Waals surface area (Å²) >= 11 is 0. The molecule has 5 rings (SSSR count). The molecule has 3 heterocycles. The Kier molecular flexibility index (Phi) is 4.61. The molecule has 0 saturated carbocycles. The maximum Gasteiger partial charge on any atom is 0.246 e. The minimum atomic E-state index is -0.517. The quantitative estimate of drug-likeness (QED) is 0.699. The number of amides is 2. The molecule has 30 heavy (non-hydrogen) atoms. The second kappa shape index (κ2) is 7.31. The lowest BCUT2D eigenvalue weighted by Crippen LogP contribution is -2.66.